The molecule has 1 atom stereocenters. The first-order valence-electron chi connectivity index (χ1n) is 5.77. The number of hydrogen-bond donors (Lipinski definition) is 2. The summed E-state index contributed by atoms with van der Waals surface area (Å²) in [7, 11) is 0. The zero-order valence-electron chi connectivity index (χ0n) is 10.7. The number of nitro benzene ring substituents is 1. The van der Waals surface area contributed by atoms with E-state index >= 15 is 0 Å². The number of hydrogen-bond acceptors (Lipinski definition) is 4. The monoisotopic (exact) mass is 271 g/mol. The maximum Gasteiger partial charge on any atom is 0.292 e. The molecule has 6 heteroatoms. The van der Waals surface area contributed by atoms with Crippen LogP contribution in [0.25, 0.3) is 0 Å². The molecule has 0 aliphatic heterocycles. The molecule has 3 N–H and O–H groups in total. The SMILES string of the molecule is Cc1c(Cl)ccc([N+](=O)[O-])c1NCC(N)C(C)C. The van der Waals surface area contributed by atoms with E-state index in [9.17, 15) is 10.1 Å². The molecular formula is C12H18ClN3O2. The molecule has 0 heterocycles. The smallest absolute Gasteiger partial charge is 0.292 e. The Balaban J connectivity index is 2.99. The van der Waals surface area contributed by atoms with Crippen LogP contribution in [0.5, 0.6) is 0 Å². The van der Waals surface area contributed by atoms with Gasteiger partial charge in [-0.15, -0.1) is 0 Å². The predicted octanol–water partition coefficient (Wildman–Crippen LogP) is 2.95. The van der Waals surface area contributed by atoms with Crippen LogP contribution in [0.3, 0.4) is 0 Å². The van der Waals surface area contributed by atoms with Crippen molar-refractivity contribution in [3.8, 4) is 0 Å². The van der Waals surface area contributed by atoms with E-state index in [4.69, 9.17) is 17.3 Å². The van der Waals surface area contributed by atoms with Crippen molar-refractivity contribution in [2.24, 2.45) is 11.7 Å². The van der Waals surface area contributed by atoms with Gasteiger partial charge in [0.15, 0.2) is 0 Å². The van der Waals surface area contributed by atoms with E-state index in [1.54, 1.807) is 6.92 Å². The lowest BCUT2D eigenvalue weighted by atomic mass is 10.1. The van der Waals surface area contributed by atoms with Crippen LogP contribution in [-0.2, 0) is 0 Å². The van der Waals surface area contributed by atoms with E-state index in [2.05, 4.69) is 5.32 Å². The summed E-state index contributed by atoms with van der Waals surface area (Å²) >= 11 is 5.97. The predicted molar refractivity (Wildman–Crippen MR) is 74.1 cm³/mol. The minimum absolute atomic E-state index is 0.0212. The maximum atomic E-state index is 11.0. The summed E-state index contributed by atoms with van der Waals surface area (Å²) in [5.74, 6) is 0.302. The number of nitrogens with one attached hydrogen (secondary N) is 1. The molecule has 100 valence electrons. The molecule has 0 aromatic heterocycles. The molecule has 1 rings (SSSR count). The summed E-state index contributed by atoms with van der Waals surface area (Å²) in [5.41, 5.74) is 7.05. The topological polar surface area (TPSA) is 81.2 Å². The third-order valence-electron chi connectivity index (χ3n) is 2.94. The molecule has 1 aromatic rings. The van der Waals surface area contributed by atoms with Crippen molar-refractivity contribution in [3.05, 3.63) is 32.8 Å². The Labute approximate surface area is 111 Å². The number of nitrogens with two attached hydrogens (primary N) is 1. The van der Waals surface area contributed by atoms with Crippen LogP contribution in [0.2, 0.25) is 5.02 Å². The van der Waals surface area contributed by atoms with Gasteiger partial charge in [-0.3, -0.25) is 10.1 Å². The van der Waals surface area contributed by atoms with Gasteiger partial charge >= 0.3 is 0 Å². The Morgan fingerprint density at radius 3 is 2.61 bits per heavy atom. The number of nitro groups is 1. The van der Waals surface area contributed by atoms with Crippen LogP contribution >= 0.6 is 11.6 Å². The lowest BCUT2D eigenvalue weighted by Crippen LogP contribution is -2.34. The summed E-state index contributed by atoms with van der Waals surface area (Å²) in [6.45, 7) is 6.23. The van der Waals surface area contributed by atoms with Crippen LogP contribution in [0.4, 0.5) is 11.4 Å². The Morgan fingerprint density at radius 1 is 1.50 bits per heavy atom. The van der Waals surface area contributed by atoms with Crippen LogP contribution < -0.4 is 11.1 Å². The van der Waals surface area contributed by atoms with Crippen molar-refractivity contribution in [2.75, 3.05) is 11.9 Å². The van der Waals surface area contributed by atoms with Crippen LogP contribution in [-0.4, -0.2) is 17.5 Å². The van der Waals surface area contributed by atoms with E-state index in [-0.39, 0.29) is 11.7 Å². The molecule has 1 unspecified atom stereocenters. The van der Waals surface area contributed by atoms with Crippen molar-refractivity contribution < 1.29 is 4.92 Å². The summed E-state index contributed by atoms with van der Waals surface area (Å²) in [6.07, 6.45) is 0. The highest BCUT2D eigenvalue weighted by Crippen LogP contribution is 2.32. The van der Waals surface area contributed by atoms with Gasteiger partial charge < -0.3 is 11.1 Å². The summed E-state index contributed by atoms with van der Waals surface area (Å²) in [4.78, 5) is 10.5. The molecule has 0 amide bonds. The van der Waals surface area contributed by atoms with Gasteiger partial charge in [0.2, 0.25) is 0 Å². The van der Waals surface area contributed by atoms with Gasteiger partial charge in [-0.2, -0.15) is 0 Å². The average Bonchev–Trinajstić information content (AvgIpc) is 2.29. The summed E-state index contributed by atoms with van der Waals surface area (Å²) in [6, 6.07) is 2.87. The number of benzene rings is 1. The first-order valence-corrected chi connectivity index (χ1v) is 6.15. The zero-order valence-corrected chi connectivity index (χ0v) is 11.5. The van der Waals surface area contributed by atoms with E-state index < -0.39 is 4.92 Å². The summed E-state index contributed by atoms with van der Waals surface area (Å²) < 4.78 is 0. The van der Waals surface area contributed by atoms with Gasteiger partial charge in [0.1, 0.15) is 5.69 Å². The van der Waals surface area contributed by atoms with Crippen molar-refractivity contribution in [1.29, 1.82) is 0 Å². The molecule has 1 aromatic carbocycles. The van der Waals surface area contributed by atoms with Crippen LogP contribution in [0.1, 0.15) is 19.4 Å². The summed E-state index contributed by atoms with van der Waals surface area (Å²) in [5, 5.41) is 14.5. The van der Waals surface area contributed by atoms with Crippen LogP contribution in [0.15, 0.2) is 12.1 Å². The fraction of sp³-hybridized carbons (Fsp3) is 0.500. The van der Waals surface area contributed by atoms with Crippen molar-refractivity contribution in [2.45, 2.75) is 26.8 Å². The molecule has 5 nitrogen and oxygen atoms in total. The molecule has 0 saturated carbocycles. The average molecular weight is 272 g/mol. The van der Waals surface area contributed by atoms with Crippen molar-refractivity contribution in [3.63, 3.8) is 0 Å². The highest BCUT2D eigenvalue weighted by atomic mass is 35.5. The molecule has 0 aliphatic carbocycles. The lowest BCUT2D eigenvalue weighted by Gasteiger charge is -2.18. The number of nitrogens with zero attached hydrogens (tertiary/aromatic N) is 1. The molecule has 0 fully saturated rings. The minimum atomic E-state index is -0.424. The molecule has 0 radical (unpaired) electrons. The van der Waals surface area contributed by atoms with E-state index in [0.29, 0.717) is 28.7 Å². The number of anilines is 1. The highest BCUT2D eigenvalue weighted by Gasteiger charge is 2.18. The van der Waals surface area contributed by atoms with Gasteiger partial charge in [0.25, 0.3) is 5.69 Å². The molecule has 0 aliphatic rings. The molecule has 0 spiro atoms. The van der Waals surface area contributed by atoms with Gasteiger partial charge in [0.05, 0.1) is 4.92 Å². The standard InChI is InChI=1S/C12H18ClN3O2/c1-7(2)10(14)6-15-12-8(3)9(13)4-5-11(12)16(17)18/h4-5,7,10,15H,6,14H2,1-3H3. The molecule has 18 heavy (non-hydrogen) atoms. The Morgan fingerprint density at radius 2 is 2.11 bits per heavy atom. The van der Waals surface area contributed by atoms with Gasteiger partial charge in [-0.05, 0) is 24.5 Å². The quantitative estimate of drug-likeness (QED) is 0.637. The van der Waals surface area contributed by atoms with Gasteiger partial charge in [-0.1, -0.05) is 25.4 Å². The number of halogens is 1. The fourth-order valence-corrected chi connectivity index (χ4v) is 1.66. The third-order valence-corrected chi connectivity index (χ3v) is 3.35. The minimum Gasteiger partial charge on any atom is -0.378 e. The highest BCUT2D eigenvalue weighted by molar-refractivity contribution is 6.31. The van der Waals surface area contributed by atoms with E-state index in [1.165, 1.54) is 12.1 Å². The first kappa shape index (κ1) is 14.7. The molecule has 0 saturated heterocycles. The van der Waals surface area contributed by atoms with Gasteiger partial charge in [0, 0.05) is 23.7 Å². The largest absolute Gasteiger partial charge is 0.378 e. The van der Waals surface area contributed by atoms with Crippen LogP contribution in [0, 0.1) is 23.0 Å². The maximum absolute atomic E-state index is 11.0. The van der Waals surface area contributed by atoms with Crippen molar-refractivity contribution >= 4 is 23.0 Å². The second kappa shape index (κ2) is 6.02. The second-order valence-electron chi connectivity index (χ2n) is 4.61. The fourth-order valence-electron chi connectivity index (χ4n) is 1.50. The Bertz CT molecular complexity index is 449. The van der Waals surface area contributed by atoms with Crippen molar-refractivity contribution in [1.82, 2.24) is 0 Å². The molecular weight excluding hydrogens is 254 g/mol. The normalized spacial score (nSPS) is 12.6. The zero-order chi connectivity index (χ0) is 13.9. The second-order valence-corrected chi connectivity index (χ2v) is 5.02. The Kier molecular flexibility index (Phi) is 4.93. The molecule has 0 bridgehead atoms. The first-order chi connectivity index (χ1) is 8.34. The van der Waals surface area contributed by atoms with E-state index in [1.807, 2.05) is 13.8 Å². The Hall–Kier alpha value is -1.33. The van der Waals surface area contributed by atoms with Gasteiger partial charge in [-0.25, -0.2) is 0 Å². The number of rotatable bonds is 5. The van der Waals surface area contributed by atoms with E-state index in [0.717, 1.165) is 0 Å². The third kappa shape index (κ3) is 3.34. The lowest BCUT2D eigenvalue weighted by molar-refractivity contribution is -0.384.